The average Bonchev–Trinajstić information content (AvgIpc) is 2.40. The highest BCUT2D eigenvalue weighted by Gasteiger charge is 2.23. The van der Waals surface area contributed by atoms with E-state index in [-0.39, 0.29) is 5.91 Å². The fraction of sp³-hybridized carbons (Fsp3) is 0.533. The van der Waals surface area contributed by atoms with Gasteiger partial charge in [-0.15, -0.1) is 0 Å². The molecule has 0 atom stereocenters. The fourth-order valence-electron chi connectivity index (χ4n) is 2.38. The first-order chi connectivity index (χ1) is 8.72. The highest BCUT2D eigenvalue weighted by Crippen LogP contribution is 2.15. The lowest BCUT2D eigenvalue weighted by atomic mass is 10.0. The maximum absolute atomic E-state index is 12.3. The first kappa shape index (κ1) is 14.7. The van der Waals surface area contributed by atoms with Crippen molar-refractivity contribution in [3.63, 3.8) is 0 Å². The normalized spacial score (nSPS) is 17.3. The third-order valence-corrected chi connectivity index (χ3v) is 3.36. The van der Waals surface area contributed by atoms with E-state index in [1.54, 1.807) is 12.2 Å². The van der Waals surface area contributed by atoms with E-state index in [1.165, 1.54) is 0 Å². The minimum absolute atomic E-state index is 0.192. The predicted molar refractivity (Wildman–Crippen MR) is 76.4 cm³/mol. The molecule has 18 heavy (non-hydrogen) atoms. The summed E-state index contributed by atoms with van der Waals surface area (Å²) in [7, 11) is 0. The van der Waals surface area contributed by atoms with E-state index >= 15 is 0 Å². The quantitative estimate of drug-likeness (QED) is 0.731. The number of nitrogens with one attached hydrogen (secondary N) is 1. The summed E-state index contributed by atoms with van der Waals surface area (Å²) in [6, 6.07) is 0.388. The number of carbonyl (C=O) groups is 1. The van der Waals surface area contributed by atoms with Crippen LogP contribution in [0.25, 0.3) is 0 Å². The molecule has 1 aliphatic heterocycles. The molecule has 0 bridgehead atoms. The van der Waals surface area contributed by atoms with Gasteiger partial charge in [0, 0.05) is 12.6 Å². The van der Waals surface area contributed by atoms with E-state index in [4.69, 9.17) is 0 Å². The Labute approximate surface area is 110 Å². The lowest BCUT2D eigenvalue weighted by Gasteiger charge is -2.34. The smallest absolute Gasteiger partial charge is 0.227 e. The number of nitrogens with zero attached hydrogens (tertiary/aromatic N) is 1. The number of hydrogen-bond donors (Lipinski definition) is 1. The lowest BCUT2D eigenvalue weighted by Crippen LogP contribution is -2.46. The molecule has 3 nitrogen and oxygen atoms in total. The molecule has 100 valence electrons. The molecule has 0 aliphatic carbocycles. The summed E-state index contributed by atoms with van der Waals surface area (Å²) in [5.41, 5.74) is 0.933. The molecule has 1 aliphatic rings. The van der Waals surface area contributed by atoms with Crippen molar-refractivity contribution in [2.24, 2.45) is 0 Å². The van der Waals surface area contributed by atoms with Crippen LogP contribution in [0, 0.1) is 0 Å². The largest absolute Gasteiger partial charge is 0.340 e. The number of carbonyl (C=O) groups excluding carboxylic acids is 1. The van der Waals surface area contributed by atoms with Crippen molar-refractivity contribution in [2.75, 3.05) is 19.6 Å². The van der Waals surface area contributed by atoms with Crippen molar-refractivity contribution >= 4 is 5.91 Å². The first-order valence-electron chi connectivity index (χ1n) is 6.67. The second kappa shape index (κ2) is 7.88. The Hall–Kier alpha value is -1.35. The topological polar surface area (TPSA) is 32.3 Å². The number of hydrogen-bond acceptors (Lipinski definition) is 2. The van der Waals surface area contributed by atoms with Crippen LogP contribution in [-0.2, 0) is 4.79 Å². The summed E-state index contributed by atoms with van der Waals surface area (Å²) in [6.07, 6.45) is 7.80. The standard InChI is InChI=1S/C15H24N2O/c1-4-7-13(5-2)12-15(18)17(6-3)14-8-10-16-11-9-14/h4-5,7,14,16H,1-2,6,8-12H2,3H3/b13-7+. The molecule has 1 saturated heterocycles. The SMILES string of the molecule is C=C/C=C(\C=C)CC(=O)N(CC)C1CCNCC1. The minimum atomic E-state index is 0.192. The van der Waals surface area contributed by atoms with E-state index in [0.29, 0.717) is 12.5 Å². The Kier molecular flexibility index (Phi) is 6.44. The highest BCUT2D eigenvalue weighted by atomic mass is 16.2. The number of amides is 1. The summed E-state index contributed by atoms with van der Waals surface area (Å²) < 4.78 is 0. The zero-order valence-electron chi connectivity index (χ0n) is 11.3. The summed E-state index contributed by atoms with van der Waals surface area (Å²) in [6.45, 7) is 12.2. The molecule has 1 heterocycles. The second-order valence-corrected chi connectivity index (χ2v) is 4.52. The Balaban J connectivity index is 2.63. The van der Waals surface area contributed by atoms with E-state index in [1.807, 2.05) is 17.9 Å². The van der Waals surface area contributed by atoms with E-state index < -0.39 is 0 Å². The monoisotopic (exact) mass is 248 g/mol. The van der Waals surface area contributed by atoms with Gasteiger partial charge < -0.3 is 10.2 Å². The Morgan fingerprint density at radius 1 is 1.39 bits per heavy atom. The van der Waals surface area contributed by atoms with Gasteiger partial charge in [-0.3, -0.25) is 4.79 Å². The van der Waals surface area contributed by atoms with E-state index in [2.05, 4.69) is 18.5 Å². The van der Waals surface area contributed by atoms with Crippen molar-refractivity contribution in [3.05, 3.63) is 37.0 Å². The van der Waals surface area contributed by atoms with Crippen LogP contribution in [0.5, 0.6) is 0 Å². The van der Waals surface area contributed by atoms with Gasteiger partial charge in [0.1, 0.15) is 0 Å². The maximum atomic E-state index is 12.3. The molecule has 1 rings (SSSR count). The van der Waals surface area contributed by atoms with Crippen LogP contribution in [0.4, 0.5) is 0 Å². The van der Waals surface area contributed by atoms with Gasteiger partial charge in [0.15, 0.2) is 0 Å². The van der Waals surface area contributed by atoms with Gasteiger partial charge in [-0.25, -0.2) is 0 Å². The minimum Gasteiger partial charge on any atom is -0.340 e. The van der Waals surface area contributed by atoms with Gasteiger partial charge >= 0.3 is 0 Å². The molecule has 3 heteroatoms. The van der Waals surface area contributed by atoms with Crippen LogP contribution >= 0.6 is 0 Å². The van der Waals surface area contributed by atoms with Crippen LogP contribution in [0.3, 0.4) is 0 Å². The summed E-state index contributed by atoms with van der Waals surface area (Å²) in [5, 5.41) is 3.33. The molecule has 0 aromatic carbocycles. The highest BCUT2D eigenvalue weighted by molar-refractivity contribution is 5.79. The van der Waals surface area contributed by atoms with Crippen LogP contribution in [0.15, 0.2) is 37.0 Å². The Bertz CT molecular complexity index is 327. The molecule has 0 radical (unpaired) electrons. The van der Waals surface area contributed by atoms with Gasteiger partial charge in [0.2, 0.25) is 5.91 Å². The molecular formula is C15H24N2O. The first-order valence-corrected chi connectivity index (χ1v) is 6.67. The number of allylic oxidation sites excluding steroid dienone is 3. The Morgan fingerprint density at radius 2 is 2.06 bits per heavy atom. The van der Waals surface area contributed by atoms with Crippen molar-refractivity contribution < 1.29 is 4.79 Å². The summed E-state index contributed by atoms with van der Waals surface area (Å²) >= 11 is 0. The molecule has 0 spiro atoms. The van der Waals surface area contributed by atoms with Gasteiger partial charge in [0.25, 0.3) is 0 Å². The van der Waals surface area contributed by atoms with Crippen molar-refractivity contribution in [3.8, 4) is 0 Å². The van der Waals surface area contributed by atoms with Crippen molar-refractivity contribution in [1.82, 2.24) is 10.2 Å². The molecule has 1 fully saturated rings. The molecular weight excluding hydrogens is 224 g/mol. The zero-order chi connectivity index (χ0) is 13.4. The average molecular weight is 248 g/mol. The summed E-state index contributed by atoms with van der Waals surface area (Å²) in [5.74, 6) is 0.192. The lowest BCUT2D eigenvalue weighted by molar-refractivity contribution is -0.133. The van der Waals surface area contributed by atoms with Crippen molar-refractivity contribution in [1.29, 1.82) is 0 Å². The Morgan fingerprint density at radius 3 is 2.56 bits per heavy atom. The van der Waals surface area contributed by atoms with E-state index in [0.717, 1.165) is 38.0 Å². The van der Waals surface area contributed by atoms with Gasteiger partial charge in [-0.1, -0.05) is 31.4 Å². The molecule has 0 aromatic rings. The molecule has 1 N–H and O–H groups in total. The van der Waals surface area contributed by atoms with Gasteiger partial charge in [-0.05, 0) is 38.4 Å². The van der Waals surface area contributed by atoms with Crippen molar-refractivity contribution in [2.45, 2.75) is 32.2 Å². The number of rotatable bonds is 6. The molecule has 0 aromatic heterocycles. The molecule has 0 unspecified atom stereocenters. The zero-order valence-corrected chi connectivity index (χ0v) is 11.3. The maximum Gasteiger partial charge on any atom is 0.227 e. The molecule has 0 saturated carbocycles. The van der Waals surface area contributed by atoms with Gasteiger partial charge in [0.05, 0.1) is 6.42 Å². The predicted octanol–water partition coefficient (Wildman–Crippen LogP) is 2.28. The fourth-order valence-corrected chi connectivity index (χ4v) is 2.38. The third kappa shape index (κ3) is 4.15. The van der Waals surface area contributed by atoms with Crippen LogP contribution in [0.2, 0.25) is 0 Å². The molecule has 1 amide bonds. The van der Waals surface area contributed by atoms with Crippen LogP contribution in [0.1, 0.15) is 26.2 Å². The number of piperidine rings is 1. The van der Waals surface area contributed by atoms with Crippen LogP contribution in [-0.4, -0.2) is 36.5 Å². The summed E-state index contributed by atoms with van der Waals surface area (Å²) in [4.78, 5) is 14.3. The third-order valence-electron chi connectivity index (χ3n) is 3.36. The van der Waals surface area contributed by atoms with Crippen LogP contribution < -0.4 is 5.32 Å². The second-order valence-electron chi connectivity index (χ2n) is 4.52. The van der Waals surface area contributed by atoms with Gasteiger partial charge in [-0.2, -0.15) is 0 Å². The van der Waals surface area contributed by atoms with E-state index in [9.17, 15) is 4.79 Å².